The van der Waals surface area contributed by atoms with Crippen LogP contribution in [-0.4, -0.2) is 36.6 Å². The van der Waals surface area contributed by atoms with Crippen LogP contribution >= 0.6 is 11.6 Å². The highest BCUT2D eigenvalue weighted by Crippen LogP contribution is 2.60. The largest absolute Gasteiger partial charge is 0.354 e. The average Bonchev–Trinajstić information content (AvgIpc) is 3.07. The summed E-state index contributed by atoms with van der Waals surface area (Å²) in [4.78, 5) is 1.81. The molecule has 5 nitrogen and oxygen atoms in total. The molecule has 2 heterocycles. The van der Waals surface area contributed by atoms with Gasteiger partial charge in [0.25, 0.3) is 15.9 Å². The fourth-order valence-electron chi connectivity index (χ4n) is 3.98. The van der Waals surface area contributed by atoms with Crippen molar-refractivity contribution in [1.29, 1.82) is 0 Å². The van der Waals surface area contributed by atoms with Crippen LogP contribution in [0.3, 0.4) is 0 Å². The maximum atomic E-state index is 13.6. The van der Waals surface area contributed by atoms with Gasteiger partial charge in [0.1, 0.15) is 0 Å². The third kappa shape index (κ3) is 2.40. The molecule has 5 rings (SSSR count). The van der Waals surface area contributed by atoms with E-state index in [1.807, 2.05) is 6.92 Å². The van der Waals surface area contributed by atoms with Gasteiger partial charge in [-0.2, -0.15) is 12.5 Å². The molecule has 1 saturated heterocycles. The van der Waals surface area contributed by atoms with Crippen molar-refractivity contribution < 1.29 is 17.2 Å². The topological polar surface area (TPSA) is 55.2 Å². The number of nitrogens with zero attached hydrogens (tertiary/aromatic N) is 3. The Morgan fingerprint density at radius 3 is 2.39 bits per heavy atom. The van der Waals surface area contributed by atoms with Gasteiger partial charge in [-0.05, 0) is 31.2 Å². The van der Waals surface area contributed by atoms with E-state index in [4.69, 9.17) is 11.6 Å². The predicted molar refractivity (Wildman–Crippen MR) is 103 cm³/mol. The van der Waals surface area contributed by atoms with Gasteiger partial charge >= 0.3 is 0 Å². The third-order valence-corrected chi connectivity index (χ3v) is 7.57. The lowest BCUT2D eigenvalue weighted by Crippen LogP contribution is -2.28. The first-order valence-corrected chi connectivity index (χ1v) is 10.7. The Morgan fingerprint density at radius 2 is 1.75 bits per heavy atom. The normalized spacial score (nSPS) is 23.2. The van der Waals surface area contributed by atoms with Crippen LogP contribution in [0.15, 0.2) is 47.4 Å². The van der Waals surface area contributed by atoms with Gasteiger partial charge in [-0.1, -0.05) is 35.4 Å². The van der Waals surface area contributed by atoms with Gasteiger partial charge < -0.3 is 4.90 Å². The first-order chi connectivity index (χ1) is 13.2. The molecule has 2 aromatic carbocycles. The quantitative estimate of drug-likeness (QED) is 0.640. The summed E-state index contributed by atoms with van der Waals surface area (Å²) in [5, 5.41) is 5.13. The van der Waals surface area contributed by atoms with E-state index in [9.17, 15) is 17.2 Å². The fourth-order valence-corrected chi connectivity index (χ4v) is 5.51. The van der Waals surface area contributed by atoms with Crippen molar-refractivity contribution in [2.45, 2.75) is 17.7 Å². The molecule has 2 fully saturated rings. The van der Waals surface area contributed by atoms with E-state index in [1.54, 1.807) is 35.2 Å². The Hall–Kier alpha value is -2.19. The number of halogens is 3. The molecule has 1 aliphatic heterocycles. The molecule has 0 N–H and O–H groups in total. The number of benzene rings is 2. The van der Waals surface area contributed by atoms with Gasteiger partial charge in [0.2, 0.25) is 0 Å². The van der Waals surface area contributed by atoms with Crippen molar-refractivity contribution in [3.8, 4) is 0 Å². The number of alkyl halides is 2. The Labute approximate surface area is 165 Å². The first kappa shape index (κ1) is 17.9. The van der Waals surface area contributed by atoms with Crippen LogP contribution in [0.2, 0.25) is 5.02 Å². The Bertz CT molecular complexity index is 1190. The molecular weight excluding hydrogens is 408 g/mol. The van der Waals surface area contributed by atoms with Crippen LogP contribution in [0.4, 0.5) is 14.6 Å². The zero-order valence-electron chi connectivity index (χ0n) is 14.8. The molecule has 1 aromatic heterocycles. The number of piperidine rings is 1. The lowest BCUT2D eigenvalue weighted by Gasteiger charge is -2.19. The molecule has 0 bridgehead atoms. The molecule has 28 heavy (non-hydrogen) atoms. The van der Waals surface area contributed by atoms with Crippen molar-refractivity contribution in [1.82, 2.24) is 9.19 Å². The van der Waals surface area contributed by atoms with E-state index in [-0.39, 0.29) is 18.0 Å². The van der Waals surface area contributed by atoms with Crippen molar-refractivity contribution >= 4 is 38.3 Å². The van der Waals surface area contributed by atoms with E-state index in [0.29, 0.717) is 21.7 Å². The van der Waals surface area contributed by atoms with Crippen LogP contribution in [0.1, 0.15) is 5.56 Å². The monoisotopic (exact) mass is 423 g/mol. The van der Waals surface area contributed by atoms with E-state index >= 15 is 0 Å². The van der Waals surface area contributed by atoms with Crippen LogP contribution < -0.4 is 4.90 Å². The summed E-state index contributed by atoms with van der Waals surface area (Å²) in [6, 6.07) is 11.4. The molecule has 146 valence electrons. The highest BCUT2D eigenvalue weighted by molar-refractivity contribution is 7.90. The smallest absolute Gasteiger partial charge is 0.283 e. The summed E-state index contributed by atoms with van der Waals surface area (Å²) in [6.07, 6.45) is 0. The van der Waals surface area contributed by atoms with Crippen LogP contribution in [-0.2, 0) is 10.0 Å². The van der Waals surface area contributed by atoms with Crippen molar-refractivity contribution in [3.05, 3.63) is 53.1 Å². The molecular formula is C19H16ClF2N3O2S. The minimum absolute atomic E-state index is 0.102. The Balaban J connectivity index is 1.65. The zero-order valence-corrected chi connectivity index (χ0v) is 16.4. The van der Waals surface area contributed by atoms with E-state index < -0.39 is 27.8 Å². The number of rotatable bonds is 3. The highest BCUT2D eigenvalue weighted by atomic mass is 35.5. The van der Waals surface area contributed by atoms with Gasteiger partial charge in [-0.3, -0.25) is 0 Å². The third-order valence-electron chi connectivity index (χ3n) is 5.65. The first-order valence-electron chi connectivity index (χ1n) is 8.83. The number of hydrogen-bond acceptors (Lipinski definition) is 4. The molecule has 0 radical (unpaired) electrons. The Kier molecular flexibility index (Phi) is 3.62. The van der Waals surface area contributed by atoms with Crippen molar-refractivity contribution in [3.63, 3.8) is 0 Å². The second-order valence-electron chi connectivity index (χ2n) is 7.41. The summed E-state index contributed by atoms with van der Waals surface area (Å²) in [5.41, 5.74) is 1.26. The number of aromatic nitrogens is 2. The highest BCUT2D eigenvalue weighted by Gasteiger charge is 2.72. The van der Waals surface area contributed by atoms with Crippen LogP contribution in [0.25, 0.3) is 10.9 Å². The molecule has 1 saturated carbocycles. The number of aryl methyl sites for hydroxylation is 1. The molecule has 9 heteroatoms. The average molecular weight is 424 g/mol. The molecule has 0 spiro atoms. The lowest BCUT2D eigenvalue weighted by atomic mass is 10.2. The molecule has 2 unspecified atom stereocenters. The molecule has 2 atom stereocenters. The minimum Gasteiger partial charge on any atom is -0.354 e. The molecule has 1 aliphatic carbocycles. The summed E-state index contributed by atoms with van der Waals surface area (Å²) in [5.74, 6) is -3.71. The second kappa shape index (κ2) is 5.67. The van der Waals surface area contributed by atoms with Gasteiger partial charge in [-0.25, -0.2) is 8.78 Å². The van der Waals surface area contributed by atoms with E-state index in [2.05, 4.69) is 5.10 Å². The van der Waals surface area contributed by atoms with Gasteiger partial charge in [0.05, 0.1) is 32.7 Å². The van der Waals surface area contributed by atoms with Crippen molar-refractivity contribution in [2.75, 3.05) is 18.0 Å². The SMILES string of the molecule is Cc1ccc(S(=O)(=O)n2nc(N3CC4C(C3)C4(F)F)c3c(Cl)cccc32)cc1. The van der Waals surface area contributed by atoms with Gasteiger partial charge in [0.15, 0.2) is 5.82 Å². The van der Waals surface area contributed by atoms with Gasteiger partial charge in [0, 0.05) is 13.1 Å². The molecule has 0 amide bonds. The number of fused-ring (bicyclic) bond motifs is 2. The lowest BCUT2D eigenvalue weighted by molar-refractivity contribution is 0.0797. The molecule has 2 aliphatic rings. The standard InChI is InChI=1S/C19H16ClF2N3O2S/c1-11-5-7-12(8-6-11)28(26,27)25-16-4-2-3-15(20)17(16)18(23-25)24-9-13-14(10-24)19(13,21)22/h2-8,13-14H,9-10H2,1H3. The molecule has 3 aromatic rings. The van der Waals surface area contributed by atoms with Crippen molar-refractivity contribution in [2.24, 2.45) is 11.8 Å². The zero-order chi connectivity index (χ0) is 19.8. The van der Waals surface area contributed by atoms with Crippen LogP contribution in [0, 0.1) is 18.8 Å². The summed E-state index contributed by atoms with van der Waals surface area (Å²) in [7, 11) is -3.96. The maximum absolute atomic E-state index is 13.6. The summed E-state index contributed by atoms with van der Waals surface area (Å²) >= 11 is 6.35. The number of anilines is 1. The van der Waals surface area contributed by atoms with Crippen LogP contribution in [0.5, 0.6) is 0 Å². The predicted octanol–water partition coefficient (Wildman–Crippen LogP) is 3.94. The van der Waals surface area contributed by atoms with E-state index in [1.165, 1.54) is 12.1 Å². The minimum atomic E-state index is -3.96. The maximum Gasteiger partial charge on any atom is 0.283 e. The fraction of sp³-hybridized carbons (Fsp3) is 0.316. The van der Waals surface area contributed by atoms with Gasteiger partial charge in [-0.15, -0.1) is 5.10 Å². The summed E-state index contributed by atoms with van der Waals surface area (Å²) < 4.78 is 54.5. The second-order valence-corrected chi connectivity index (χ2v) is 9.59. The Morgan fingerprint density at radius 1 is 1.11 bits per heavy atom. The number of hydrogen-bond donors (Lipinski definition) is 0. The van der Waals surface area contributed by atoms with E-state index in [0.717, 1.165) is 9.65 Å². The summed E-state index contributed by atoms with van der Waals surface area (Å²) in [6.45, 7) is 2.14.